The summed E-state index contributed by atoms with van der Waals surface area (Å²) in [5, 5.41) is 84.5. The molecule has 12 nitrogen and oxygen atoms in total. The second-order valence-electron chi connectivity index (χ2n) is 5.32. The van der Waals surface area contributed by atoms with Gasteiger partial charge < -0.3 is 55.4 Å². The fraction of sp³-hybridized carbons (Fsp3) is 0.917. The number of aliphatic hydroxyl groups is 8. The predicted molar refractivity (Wildman–Crippen MR) is 71.4 cm³/mol. The molecule has 0 radical (unpaired) electrons. The fourth-order valence-corrected chi connectivity index (χ4v) is 2.16. The van der Waals surface area contributed by atoms with E-state index in [-0.39, 0.29) is 0 Å². The van der Waals surface area contributed by atoms with E-state index in [0.29, 0.717) is 0 Å². The number of hydrogen-bond acceptors (Lipinski definition) is 11. The van der Waals surface area contributed by atoms with Crippen LogP contribution in [0.25, 0.3) is 0 Å². The van der Waals surface area contributed by atoms with E-state index in [1.165, 1.54) is 0 Å². The largest absolute Gasteiger partial charge is 0.479 e. The Labute approximate surface area is 135 Å². The molecule has 0 aromatic carbocycles. The molecule has 0 bridgehead atoms. The first-order valence-electron chi connectivity index (χ1n) is 6.99. The van der Waals surface area contributed by atoms with E-state index in [1.807, 2.05) is 0 Å². The molecule has 1 saturated heterocycles. The molecule has 0 aliphatic carbocycles. The van der Waals surface area contributed by atoms with Crippen molar-refractivity contribution < 1.29 is 60.2 Å². The van der Waals surface area contributed by atoms with Gasteiger partial charge in [-0.25, -0.2) is 4.79 Å². The first kappa shape index (κ1) is 21.1. The van der Waals surface area contributed by atoms with Crippen LogP contribution in [0.3, 0.4) is 0 Å². The number of rotatable bonds is 8. The summed E-state index contributed by atoms with van der Waals surface area (Å²) in [6.07, 6.45) is -16.9. The minimum absolute atomic E-state index is 0.766. The van der Waals surface area contributed by atoms with Gasteiger partial charge in [0, 0.05) is 0 Å². The third-order valence-electron chi connectivity index (χ3n) is 3.62. The lowest BCUT2D eigenvalue weighted by atomic mass is 9.98. The van der Waals surface area contributed by atoms with Crippen molar-refractivity contribution in [3.63, 3.8) is 0 Å². The first-order chi connectivity index (χ1) is 11.1. The molecule has 12 heteroatoms. The van der Waals surface area contributed by atoms with Gasteiger partial charge in [-0.15, -0.1) is 0 Å². The van der Waals surface area contributed by atoms with Gasteiger partial charge in [-0.05, 0) is 0 Å². The topological polar surface area (TPSA) is 218 Å². The number of aliphatic hydroxyl groups excluding tert-OH is 8. The maximum absolute atomic E-state index is 10.7. The van der Waals surface area contributed by atoms with Crippen LogP contribution in [0.5, 0.6) is 0 Å². The average molecular weight is 358 g/mol. The van der Waals surface area contributed by atoms with E-state index in [4.69, 9.17) is 24.8 Å². The van der Waals surface area contributed by atoms with Crippen molar-refractivity contribution in [1.29, 1.82) is 0 Å². The van der Waals surface area contributed by atoms with Crippen LogP contribution in [0.4, 0.5) is 0 Å². The Balaban J connectivity index is 2.94. The van der Waals surface area contributed by atoms with Gasteiger partial charge in [0.2, 0.25) is 0 Å². The third kappa shape index (κ3) is 4.58. The normalized spacial score (nSPS) is 35.9. The van der Waals surface area contributed by atoms with E-state index < -0.39 is 74.3 Å². The first-order valence-corrected chi connectivity index (χ1v) is 6.99. The monoisotopic (exact) mass is 358 g/mol. The molecule has 5 unspecified atom stereocenters. The smallest absolute Gasteiger partial charge is 0.335 e. The minimum atomic E-state index is -2.39. The molecule has 9 N–H and O–H groups in total. The van der Waals surface area contributed by atoms with Gasteiger partial charge >= 0.3 is 5.97 Å². The summed E-state index contributed by atoms with van der Waals surface area (Å²) >= 11 is 0. The highest BCUT2D eigenvalue weighted by atomic mass is 16.7. The second-order valence-corrected chi connectivity index (χ2v) is 5.32. The van der Waals surface area contributed by atoms with Crippen LogP contribution in [0.15, 0.2) is 0 Å². The van der Waals surface area contributed by atoms with Crippen LogP contribution < -0.4 is 0 Å². The van der Waals surface area contributed by atoms with Gasteiger partial charge in [0.15, 0.2) is 12.4 Å². The van der Waals surface area contributed by atoms with E-state index in [0.717, 1.165) is 0 Å². The molecule has 1 heterocycles. The Kier molecular flexibility index (Phi) is 7.88. The maximum atomic E-state index is 10.7. The van der Waals surface area contributed by atoms with Gasteiger partial charge in [0.1, 0.15) is 42.7 Å². The van der Waals surface area contributed by atoms with Gasteiger partial charge in [-0.3, -0.25) is 0 Å². The van der Waals surface area contributed by atoms with Crippen molar-refractivity contribution in [3.05, 3.63) is 0 Å². The summed E-state index contributed by atoms with van der Waals surface area (Å²) in [6, 6.07) is 0. The Hall–Kier alpha value is -0.930. The minimum Gasteiger partial charge on any atom is -0.479 e. The molecule has 0 amide bonds. The highest BCUT2D eigenvalue weighted by Gasteiger charge is 2.47. The second kappa shape index (κ2) is 8.96. The number of carbonyl (C=O) groups is 1. The molecular formula is C12H22O12. The Bertz CT molecular complexity index is 403. The summed E-state index contributed by atoms with van der Waals surface area (Å²) < 4.78 is 9.98. The molecule has 0 saturated carbocycles. The van der Waals surface area contributed by atoms with Crippen molar-refractivity contribution in [1.82, 2.24) is 0 Å². The lowest BCUT2D eigenvalue weighted by molar-refractivity contribution is -0.326. The van der Waals surface area contributed by atoms with Crippen LogP contribution >= 0.6 is 0 Å². The molecule has 9 atom stereocenters. The lowest BCUT2D eigenvalue weighted by Gasteiger charge is -2.42. The highest BCUT2D eigenvalue weighted by Crippen LogP contribution is 2.24. The predicted octanol–water partition coefficient (Wildman–Crippen LogP) is -5.67. The Morgan fingerprint density at radius 3 is 2.08 bits per heavy atom. The summed E-state index contributed by atoms with van der Waals surface area (Å²) in [5.41, 5.74) is 0. The van der Waals surface area contributed by atoms with Crippen molar-refractivity contribution in [2.24, 2.45) is 0 Å². The van der Waals surface area contributed by atoms with Crippen LogP contribution in [0.2, 0.25) is 0 Å². The van der Waals surface area contributed by atoms with Crippen LogP contribution in [0.1, 0.15) is 0 Å². The van der Waals surface area contributed by atoms with Gasteiger partial charge in [-0.2, -0.15) is 0 Å². The van der Waals surface area contributed by atoms with Crippen LogP contribution in [0, 0.1) is 0 Å². The van der Waals surface area contributed by atoms with Crippen molar-refractivity contribution in [3.8, 4) is 0 Å². The average Bonchev–Trinajstić information content (AvgIpc) is 2.57. The number of carboxylic acids is 1. The van der Waals surface area contributed by atoms with Gasteiger partial charge in [-0.1, -0.05) is 0 Å². The van der Waals surface area contributed by atoms with E-state index in [2.05, 4.69) is 0 Å². The molecule has 0 aromatic rings. The molecular weight excluding hydrogens is 336 g/mol. The number of hydrogen-bond donors (Lipinski definition) is 9. The molecule has 1 aliphatic rings. The number of carboxylic acid groups (broad SMARTS) is 1. The van der Waals surface area contributed by atoms with Gasteiger partial charge in [0.25, 0.3) is 0 Å². The SMILES string of the molecule is O=C(O)[C@@H](O)C(O)[C@H](O[C@@H]1OC(CO)[C@@H](O)C(O)C1O)C(O)CO. The van der Waals surface area contributed by atoms with Crippen LogP contribution in [-0.2, 0) is 14.3 Å². The Morgan fingerprint density at radius 1 is 1.04 bits per heavy atom. The van der Waals surface area contributed by atoms with E-state index >= 15 is 0 Å². The van der Waals surface area contributed by atoms with E-state index in [1.54, 1.807) is 0 Å². The van der Waals surface area contributed by atoms with Gasteiger partial charge in [0.05, 0.1) is 13.2 Å². The zero-order valence-electron chi connectivity index (χ0n) is 12.4. The van der Waals surface area contributed by atoms with Crippen molar-refractivity contribution in [2.45, 2.75) is 55.1 Å². The summed E-state index contributed by atoms with van der Waals surface area (Å²) in [5.74, 6) is -1.84. The van der Waals surface area contributed by atoms with Crippen LogP contribution in [-0.4, -0.2) is 120 Å². The highest BCUT2D eigenvalue weighted by molar-refractivity contribution is 5.72. The Morgan fingerprint density at radius 2 is 1.62 bits per heavy atom. The zero-order valence-corrected chi connectivity index (χ0v) is 12.4. The summed E-state index contributed by atoms with van der Waals surface area (Å²) in [6.45, 7) is -1.76. The maximum Gasteiger partial charge on any atom is 0.335 e. The summed E-state index contributed by atoms with van der Waals surface area (Å²) in [4.78, 5) is 10.7. The van der Waals surface area contributed by atoms with E-state index in [9.17, 15) is 35.4 Å². The lowest BCUT2D eigenvalue weighted by Crippen LogP contribution is -2.61. The standard InChI is InChI=1S/C12H22O12/c13-1-3(15)10(7(18)8(19)11(21)22)24-12-9(20)6(17)5(16)4(2-14)23-12/h3-10,12-20H,1-2H2,(H,21,22)/t3?,4?,5-,6?,7?,8+,9?,10-,12+/m1/s1. The molecule has 1 aliphatic heterocycles. The zero-order chi connectivity index (χ0) is 18.6. The molecule has 1 fully saturated rings. The molecule has 0 spiro atoms. The third-order valence-corrected chi connectivity index (χ3v) is 3.62. The van der Waals surface area contributed by atoms with Crippen molar-refractivity contribution >= 4 is 5.97 Å². The number of aliphatic carboxylic acids is 1. The quantitative estimate of drug-likeness (QED) is 0.198. The number of ether oxygens (including phenoxy) is 2. The molecule has 0 aromatic heterocycles. The molecule has 24 heavy (non-hydrogen) atoms. The molecule has 1 rings (SSSR count). The summed E-state index contributed by atoms with van der Waals surface area (Å²) in [7, 11) is 0. The molecule has 142 valence electrons. The fourth-order valence-electron chi connectivity index (χ4n) is 2.16. The van der Waals surface area contributed by atoms with Crippen molar-refractivity contribution in [2.75, 3.05) is 13.2 Å².